The first-order valence-corrected chi connectivity index (χ1v) is 5.95. The quantitative estimate of drug-likeness (QED) is 0.323. The number of hydrogen-bond acceptors (Lipinski definition) is 7. The second-order valence-corrected chi connectivity index (χ2v) is 4.13. The molecule has 1 aromatic rings. The van der Waals surface area contributed by atoms with Gasteiger partial charge in [0.15, 0.2) is 11.5 Å². The lowest BCUT2D eigenvalue weighted by molar-refractivity contribution is 0.102. The van der Waals surface area contributed by atoms with Crippen molar-refractivity contribution in [2.45, 2.75) is 6.92 Å². The molecule has 0 saturated heterocycles. The van der Waals surface area contributed by atoms with Crippen LogP contribution in [-0.2, 0) is 4.84 Å². The van der Waals surface area contributed by atoms with Crippen molar-refractivity contribution in [1.29, 1.82) is 0 Å². The number of rotatable bonds is 6. The molecule has 0 saturated carbocycles. The summed E-state index contributed by atoms with van der Waals surface area (Å²) in [6, 6.07) is 4.93. The van der Waals surface area contributed by atoms with Gasteiger partial charge in [-0.05, 0) is 25.1 Å². The van der Waals surface area contributed by atoms with Gasteiger partial charge in [0.05, 0.1) is 31.9 Å². The Morgan fingerprint density at radius 3 is 2.25 bits per heavy atom. The maximum absolute atomic E-state index is 12.2. The van der Waals surface area contributed by atoms with E-state index in [1.165, 1.54) is 21.3 Å². The molecule has 0 aliphatic heterocycles. The first-order chi connectivity index (χ1) is 9.04. The predicted molar refractivity (Wildman–Crippen MR) is 80.7 cm³/mol. The van der Waals surface area contributed by atoms with Gasteiger partial charge in [0.25, 0.3) is 0 Å². The molecule has 0 fully saturated rings. The smallest absolute Gasteiger partial charge is 0.201 e. The van der Waals surface area contributed by atoms with E-state index >= 15 is 0 Å². The minimum absolute atomic E-state index is 0. The molecule has 20 heavy (non-hydrogen) atoms. The van der Waals surface area contributed by atoms with Gasteiger partial charge in [0, 0.05) is 5.56 Å². The summed E-state index contributed by atoms with van der Waals surface area (Å²) in [5, 5.41) is 0. The molecule has 112 valence electrons. The lowest BCUT2D eigenvalue weighted by Crippen LogP contribution is -2.13. The Labute approximate surface area is 124 Å². The Hall–Kier alpha value is -1.70. The number of methoxy groups -OCH3 is 2. The summed E-state index contributed by atoms with van der Waals surface area (Å²) in [5.41, 5.74) is 3.56. The van der Waals surface area contributed by atoms with Crippen LogP contribution in [0, 0.1) is 0 Å². The molecule has 0 heterocycles. The second kappa shape index (κ2) is 8.47. The number of hydrogen-bond donors (Lipinski definition) is 3. The van der Waals surface area contributed by atoms with E-state index in [0.29, 0.717) is 22.8 Å². The minimum atomic E-state index is -0.230. The predicted octanol–water partition coefficient (Wildman–Crippen LogP) is 2.36. The second-order valence-electron chi connectivity index (χ2n) is 3.68. The molecule has 0 spiro atoms. The molecule has 0 amide bonds. The molecule has 0 aliphatic carbocycles. The van der Waals surface area contributed by atoms with E-state index in [9.17, 15) is 4.79 Å². The first-order valence-electron chi connectivity index (χ1n) is 5.50. The van der Waals surface area contributed by atoms with Crippen LogP contribution in [0.25, 0.3) is 0 Å². The maximum Gasteiger partial charge on any atom is 0.201 e. The third kappa shape index (κ3) is 4.16. The molecule has 6 nitrogen and oxygen atoms in total. The van der Waals surface area contributed by atoms with Crippen molar-refractivity contribution >= 4 is 18.4 Å². The number of nitrogens with one attached hydrogen (secondary N) is 1. The van der Waals surface area contributed by atoms with Crippen LogP contribution >= 0.6 is 12.6 Å². The standard InChI is InChI=1S/C13H17NO4S.H3N/c1-8(14-18-4)13(19)12(15)9-5-6-10(16-2)11(7-9)17-3;/h5-7,14,19H,1-4H3;1H3/b13-8+;. The Bertz CT molecular complexity index is 503. The van der Waals surface area contributed by atoms with Crippen molar-refractivity contribution in [3.63, 3.8) is 0 Å². The largest absolute Gasteiger partial charge is 0.493 e. The highest BCUT2D eigenvalue weighted by Crippen LogP contribution is 2.29. The Morgan fingerprint density at radius 2 is 1.75 bits per heavy atom. The molecule has 0 aliphatic rings. The van der Waals surface area contributed by atoms with Crippen molar-refractivity contribution in [1.82, 2.24) is 11.6 Å². The maximum atomic E-state index is 12.2. The van der Waals surface area contributed by atoms with Crippen LogP contribution in [0.4, 0.5) is 0 Å². The topological polar surface area (TPSA) is 91.8 Å². The number of carbonyl (C=O) groups excluding carboxylic acids is 1. The summed E-state index contributed by atoms with van der Waals surface area (Å²) in [4.78, 5) is 17.2. The molecule has 1 rings (SSSR count). The van der Waals surface area contributed by atoms with E-state index in [4.69, 9.17) is 14.3 Å². The zero-order valence-electron chi connectivity index (χ0n) is 12.0. The minimum Gasteiger partial charge on any atom is -0.493 e. The van der Waals surface area contributed by atoms with E-state index in [1.54, 1.807) is 25.1 Å². The molecule has 4 N–H and O–H groups in total. The monoisotopic (exact) mass is 300 g/mol. The molecule has 0 radical (unpaired) electrons. The molecule has 0 bridgehead atoms. The van der Waals surface area contributed by atoms with Crippen molar-refractivity contribution < 1.29 is 19.1 Å². The fraction of sp³-hybridized carbons (Fsp3) is 0.308. The van der Waals surface area contributed by atoms with Gasteiger partial charge in [0.1, 0.15) is 0 Å². The SMILES string of the molecule is CON/C(C)=C(/S)C(=O)c1ccc(OC)c(OC)c1.N. The van der Waals surface area contributed by atoms with Gasteiger partial charge in [-0.2, -0.15) is 0 Å². The fourth-order valence-corrected chi connectivity index (χ4v) is 1.66. The van der Waals surface area contributed by atoms with E-state index in [2.05, 4.69) is 18.1 Å². The number of ether oxygens (including phenoxy) is 2. The number of carbonyl (C=O) groups is 1. The molecule has 0 atom stereocenters. The fourth-order valence-electron chi connectivity index (χ4n) is 1.49. The molecule has 7 heteroatoms. The van der Waals surface area contributed by atoms with Crippen LogP contribution in [0.2, 0.25) is 0 Å². The Balaban J connectivity index is 0.00000361. The van der Waals surface area contributed by atoms with E-state index in [0.717, 1.165) is 0 Å². The van der Waals surface area contributed by atoms with Crippen molar-refractivity contribution in [2.75, 3.05) is 21.3 Å². The zero-order valence-corrected chi connectivity index (χ0v) is 12.9. The average molecular weight is 300 g/mol. The summed E-state index contributed by atoms with van der Waals surface area (Å²) >= 11 is 4.19. The number of ketones is 1. The van der Waals surface area contributed by atoms with E-state index < -0.39 is 0 Å². The average Bonchev–Trinajstić information content (AvgIpc) is 2.45. The Kier molecular flexibility index (Phi) is 7.75. The summed E-state index contributed by atoms with van der Waals surface area (Å²) < 4.78 is 10.3. The summed E-state index contributed by atoms with van der Waals surface area (Å²) in [6.07, 6.45) is 0. The molecule has 0 aromatic heterocycles. The summed E-state index contributed by atoms with van der Waals surface area (Å²) in [7, 11) is 4.52. The van der Waals surface area contributed by atoms with Gasteiger partial charge in [-0.15, -0.1) is 12.6 Å². The van der Waals surface area contributed by atoms with Gasteiger partial charge in [-0.25, -0.2) is 0 Å². The molecular weight excluding hydrogens is 280 g/mol. The van der Waals surface area contributed by atoms with Crippen LogP contribution < -0.4 is 21.1 Å². The van der Waals surface area contributed by atoms with Crippen LogP contribution in [0.15, 0.2) is 28.8 Å². The number of hydroxylamine groups is 1. The number of benzene rings is 1. The van der Waals surface area contributed by atoms with Gasteiger partial charge in [0.2, 0.25) is 5.78 Å². The first kappa shape index (κ1) is 18.3. The lowest BCUT2D eigenvalue weighted by atomic mass is 10.1. The van der Waals surface area contributed by atoms with Crippen molar-refractivity contribution in [2.24, 2.45) is 0 Å². The number of Topliss-reactive ketones (excluding diaryl/α,β-unsaturated/α-hetero) is 1. The normalized spacial score (nSPS) is 11.1. The lowest BCUT2D eigenvalue weighted by Gasteiger charge is -2.10. The van der Waals surface area contributed by atoms with Crippen molar-refractivity contribution in [3.05, 3.63) is 34.4 Å². The highest BCUT2D eigenvalue weighted by atomic mass is 32.1. The third-order valence-electron chi connectivity index (χ3n) is 2.47. The van der Waals surface area contributed by atoms with Crippen LogP contribution in [0.5, 0.6) is 11.5 Å². The van der Waals surface area contributed by atoms with Gasteiger partial charge < -0.3 is 15.6 Å². The van der Waals surface area contributed by atoms with E-state index in [1.807, 2.05) is 0 Å². The van der Waals surface area contributed by atoms with Crippen LogP contribution in [-0.4, -0.2) is 27.1 Å². The summed E-state index contributed by atoms with van der Waals surface area (Å²) in [6.45, 7) is 1.70. The zero-order chi connectivity index (χ0) is 14.4. The molecular formula is C13H20N2O4S. The molecule has 1 aromatic carbocycles. The van der Waals surface area contributed by atoms with Gasteiger partial charge >= 0.3 is 0 Å². The van der Waals surface area contributed by atoms with Crippen molar-refractivity contribution in [3.8, 4) is 11.5 Å². The van der Waals surface area contributed by atoms with Gasteiger partial charge in [-0.3, -0.25) is 15.1 Å². The molecule has 0 unspecified atom stereocenters. The highest BCUT2D eigenvalue weighted by molar-refractivity contribution is 7.85. The van der Waals surface area contributed by atoms with Crippen LogP contribution in [0.1, 0.15) is 17.3 Å². The summed E-state index contributed by atoms with van der Waals surface area (Å²) in [5.74, 6) is 0.827. The van der Waals surface area contributed by atoms with E-state index in [-0.39, 0.29) is 16.8 Å². The number of allylic oxidation sites excluding steroid dienone is 2. The number of thiol groups is 1. The van der Waals surface area contributed by atoms with Gasteiger partial charge in [-0.1, -0.05) is 0 Å². The third-order valence-corrected chi connectivity index (χ3v) is 3.01. The van der Waals surface area contributed by atoms with Crippen LogP contribution in [0.3, 0.4) is 0 Å². The Morgan fingerprint density at radius 1 is 1.15 bits per heavy atom. The highest BCUT2D eigenvalue weighted by Gasteiger charge is 2.15.